The Morgan fingerprint density at radius 1 is 1.04 bits per heavy atom. The Labute approximate surface area is 140 Å². The summed E-state index contributed by atoms with van der Waals surface area (Å²) in [4.78, 5) is 26.3. The number of carboxylic acid groups (broad SMARTS) is 1. The van der Waals surface area contributed by atoms with Gasteiger partial charge in [0.15, 0.2) is 12.2 Å². The summed E-state index contributed by atoms with van der Waals surface area (Å²) in [5.41, 5.74) is 1.49. The Morgan fingerprint density at radius 2 is 1.75 bits per heavy atom. The van der Waals surface area contributed by atoms with Crippen molar-refractivity contribution in [1.82, 2.24) is 10.3 Å². The molecule has 1 aromatic heterocycles. The van der Waals surface area contributed by atoms with Crippen molar-refractivity contribution >= 4 is 11.9 Å². The van der Waals surface area contributed by atoms with Crippen molar-refractivity contribution in [3.63, 3.8) is 0 Å². The molecule has 24 heavy (non-hydrogen) atoms. The second-order valence-corrected chi connectivity index (χ2v) is 5.61. The number of oxazole rings is 1. The van der Waals surface area contributed by atoms with Crippen LogP contribution in [0.1, 0.15) is 48.9 Å². The van der Waals surface area contributed by atoms with Crippen molar-refractivity contribution < 1.29 is 19.1 Å². The van der Waals surface area contributed by atoms with Crippen molar-refractivity contribution in [2.24, 2.45) is 0 Å². The number of unbranched alkanes of at least 4 members (excludes halogenated alkanes) is 4. The van der Waals surface area contributed by atoms with E-state index >= 15 is 0 Å². The lowest BCUT2D eigenvalue weighted by molar-refractivity contribution is -0.137. The molecular formula is C18H22N2O4. The molecule has 2 rings (SSSR count). The zero-order chi connectivity index (χ0) is 17.2. The van der Waals surface area contributed by atoms with E-state index in [0.717, 1.165) is 37.7 Å². The van der Waals surface area contributed by atoms with E-state index in [1.54, 1.807) is 18.3 Å². The first-order valence-corrected chi connectivity index (χ1v) is 8.16. The van der Waals surface area contributed by atoms with Crippen molar-refractivity contribution in [2.45, 2.75) is 38.5 Å². The monoisotopic (exact) mass is 330 g/mol. The highest BCUT2D eigenvalue weighted by Crippen LogP contribution is 2.18. The van der Waals surface area contributed by atoms with Gasteiger partial charge in [-0.1, -0.05) is 31.4 Å². The van der Waals surface area contributed by atoms with E-state index in [1.807, 2.05) is 12.1 Å². The number of carbonyl (C=O) groups excluding carboxylic acids is 1. The molecule has 0 unspecified atom stereocenters. The highest BCUT2D eigenvalue weighted by atomic mass is 16.4. The number of hydrogen-bond donors (Lipinski definition) is 2. The minimum Gasteiger partial charge on any atom is -0.481 e. The van der Waals surface area contributed by atoms with E-state index in [0.29, 0.717) is 17.9 Å². The topological polar surface area (TPSA) is 92.4 Å². The molecule has 6 nitrogen and oxygen atoms in total. The number of rotatable bonds is 10. The lowest BCUT2D eigenvalue weighted by atomic mass is 10.1. The summed E-state index contributed by atoms with van der Waals surface area (Å²) in [5.74, 6) is -0.161. The van der Waals surface area contributed by atoms with Crippen molar-refractivity contribution in [2.75, 3.05) is 6.54 Å². The van der Waals surface area contributed by atoms with Crippen LogP contribution in [-0.4, -0.2) is 28.5 Å². The van der Waals surface area contributed by atoms with Crippen molar-refractivity contribution in [3.05, 3.63) is 42.4 Å². The van der Waals surface area contributed by atoms with Crippen LogP contribution in [0, 0.1) is 0 Å². The second kappa shape index (κ2) is 9.50. The van der Waals surface area contributed by atoms with Crippen LogP contribution in [0.15, 0.2) is 41.3 Å². The Hall–Kier alpha value is -2.63. The average Bonchev–Trinajstić information content (AvgIpc) is 3.11. The maximum Gasteiger partial charge on any atom is 0.303 e. The SMILES string of the molecule is O=C(O)CCCCCCCNC(=O)c1ccc(-c2cnco2)cc1. The highest BCUT2D eigenvalue weighted by molar-refractivity contribution is 5.94. The van der Waals surface area contributed by atoms with E-state index in [1.165, 1.54) is 6.39 Å². The lowest BCUT2D eigenvalue weighted by Crippen LogP contribution is -2.24. The quantitative estimate of drug-likeness (QED) is 0.650. The largest absolute Gasteiger partial charge is 0.481 e. The van der Waals surface area contributed by atoms with Crippen LogP contribution < -0.4 is 5.32 Å². The number of aliphatic carboxylic acids is 1. The molecule has 0 aliphatic heterocycles. The van der Waals surface area contributed by atoms with Gasteiger partial charge in [-0.15, -0.1) is 0 Å². The zero-order valence-electron chi connectivity index (χ0n) is 13.5. The van der Waals surface area contributed by atoms with Gasteiger partial charge >= 0.3 is 5.97 Å². The third-order valence-electron chi connectivity index (χ3n) is 3.72. The van der Waals surface area contributed by atoms with Gasteiger partial charge in [0.25, 0.3) is 5.91 Å². The molecular weight excluding hydrogens is 308 g/mol. The summed E-state index contributed by atoms with van der Waals surface area (Å²) in [7, 11) is 0. The predicted octanol–water partition coefficient (Wildman–Crippen LogP) is 3.50. The molecule has 0 aliphatic carbocycles. The molecule has 0 radical (unpaired) electrons. The van der Waals surface area contributed by atoms with Gasteiger partial charge < -0.3 is 14.8 Å². The van der Waals surface area contributed by atoms with E-state index in [-0.39, 0.29) is 12.3 Å². The molecule has 0 saturated heterocycles. The smallest absolute Gasteiger partial charge is 0.303 e. The molecule has 0 spiro atoms. The molecule has 2 N–H and O–H groups in total. The summed E-state index contributed by atoms with van der Waals surface area (Å²) in [6.45, 7) is 0.627. The molecule has 6 heteroatoms. The van der Waals surface area contributed by atoms with Gasteiger partial charge in [0.1, 0.15) is 0 Å². The van der Waals surface area contributed by atoms with Gasteiger partial charge in [-0.3, -0.25) is 9.59 Å². The van der Waals surface area contributed by atoms with Crippen LogP contribution >= 0.6 is 0 Å². The van der Waals surface area contributed by atoms with Gasteiger partial charge in [0, 0.05) is 24.1 Å². The molecule has 1 heterocycles. The third kappa shape index (κ3) is 5.87. The molecule has 0 aliphatic rings. The molecule has 1 amide bonds. The van der Waals surface area contributed by atoms with Gasteiger partial charge in [0.05, 0.1) is 6.20 Å². The summed E-state index contributed by atoms with van der Waals surface area (Å²) in [6, 6.07) is 7.19. The van der Waals surface area contributed by atoms with Gasteiger partial charge in [0.2, 0.25) is 0 Å². The van der Waals surface area contributed by atoms with E-state index in [9.17, 15) is 9.59 Å². The summed E-state index contributed by atoms with van der Waals surface area (Å²) < 4.78 is 5.21. The number of nitrogens with one attached hydrogen (secondary N) is 1. The molecule has 128 valence electrons. The van der Waals surface area contributed by atoms with Crippen molar-refractivity contribution in [3.8, 4) is 11.3 Å². The number of aromatic nitrogens is 1. The van der Waals surface area contributed by atoms with Gasteiger partial charge in [-0.2, -0.15) is 0 Å². The predicted molar refractivity (Wildman–Crippen MR) is 89.6 cm³/mol. The average molecular weight is 330 g/mol. The van der Waals surface area contributed by atoms with Gasteiger partial charge in [-0.25, -0.2) is 4.98 Å². The van der Waals surface area contributed by atoms with E-state index in [2.05, 4.69) is 10.3 Å². The number of amides is 1. The molecule has 2 aromatic rings. The number of carbonyl (C=O) groups is 2. The van der Waals surface area contributed by atoms with Crippen LogP contribution in [0.3, 0.4) is 0 Å². The molecule has 0 bridgehead atoms. The second-order valence-electron chi connectivity index (χ2n) is 5.61. The molecule has 1 aromatic carbocycles. The maximum atomic E-state index is 12.0. The van der Waals surface area contributed by atoms with Crippen LogP contribution in [0.25, 0.3) is 11.3 Å². The fraction of sp³-hybridized carbons (Fsp3) is 0.389. The first-order chi connectivity index (χ1) is 11.7. The molecule has 0 saturated carbocycles. The fourth-order valence-electron chi connectivity index (χ4n) is 2.38. The normalized spacial score (nSPS) is 10.5. The minimum atomic E-state index is -0.739. The summed E-state index contributed by atoms with van der Waals surface area (Å²) >= 11 is 0. The zero-order valence-corrected chi connectivity index (χ0v) is 13.5. The van der Waals surface area contributed by atoms with Crippen LogP contribution in [0.5, 0.6) is 0 Å². The summed E-state index contributed by atoms with van der Waals surface area (Å²) in [5, 5.41) is 11.4. The summed E-state index contributed by atoms with van der Waals surface area (Å²) in [6.07, 6.45) is 7.76. The third-order valence-corrected chi connectivity index (χ3v) is 3.72. The first kappa shape index (κ1) is 17.7. The first-order valence-electron chi connectivity index (χ1n) is 8.16. The van der Waals surface area contributed by atoms with Gasteiger partial charge in [-0.05, 0) is 25.0 Å². The lowest BCUT2D eigenvalue weighted by Gasteiger charge is -2.06. The number of carboxylic acids is 1. The molecule has 0 atom stereocenters. The number of benzene rings is 1. The van der Waals surface area contributed by atoms with E-state index in [4.69, 9.17) is 9.52 Å². The Morgan fingerprint density at radius 3 is 2.42 bits per heavy atom. The molecule has 0 fully saturated rings. The Kier molecular flexibility index (Phi) is 7.01. The van der Waals surface area contributed by atoms with Crippen molar-refractivity contribution in [1.29, 1.82) is 0 Å². The van der Waals surface area contributed by atoms with E-state index < -0.39 is 5.97 Å². The fourth-order valence-corrected chi connectivity index (χ4v) is 2.38. The van der Waals surface area contributed by atoms with Crippen LogP contribution in [0.4, 0.5) is 0 Å². The van der Waals surface area contributed by atoms with Crippen LogP contribution in [0.2, 0.25) is 0 Å². The Balaban J connectivity index is 1.63. The standard InChI is InChI=1S/C18H22N2O4/c21-17(22)6-4-2-1-3-5-11-20-18(23)15-9-7-14(8-10-15)16-12-19-13-24-16/h7-10,12-13H,1-6,11H2,(H,20,23)(H,21,22). The number of hydrogen-bond acceptors (Lipinski definition) is 4. The highest BCUT2D eigenvalue weighted by Gasteiger charge is 2.06. The number of nitrogens with zero attached hydrogens (tertiary/aromatic N) is 1. The maximum absolute atomic E-state index is 12.0. The Bertz CT molecular complexity index is 636. The van der Waals surface area contributed by atoms with Crippen LogP contribution in [-0.2, 0) is 4.79 Å². The minimum absolute atomic E-state index is 0.0926.